The van der Waals surface area contributed by atoms with Crippen molar-refractivity contribution in [2.45, 2.75) is 6.61 Å². The molecule has 2 aromatic rings. The molecule has 1 amide bonds. The van der Waals surface area contributed by atoms with E-state index in [1.807, 2.05) is 17.0 Å². The van der Waals surface area contributed by atoms with E-state index in [2.05, 4.69) is 13.7 Å². The number of rotatable bonds is 4. The zero-order chi connectivity index (χ0) is 15.4. The molecule has 0 saturated carbocycles. The van der Waals surface area contributed by atoms with Gasteiger partial charge in [-0.15, -0.1) is 4.37 Å². The lowest BCUT2D eigenvalue weighted by atomic mass is 10.3. The van der Waals surface area contributed by atoms with Crippen LogP contribution >= 0.6 is 11.7 Å². The molecule has 0 radical (unpaired) electrons. The molecule has 3 rings (SSSR count). The van der Waals surface area contributed by atoms with Crippen molar-refractivity contribution in [2.75, 3.05) is 31.1 Å². The molecule has 0 aromatic carbocycles. The Hall–Kier alpha value is -2.42. The van der Waals surface area contributed by atoms with E-state index in [1.165, 1.54) is 4.90 Å². The first-order valence-electron chi connectivity index (χ1n) is 6.81. The number of carbonyl (C=O) groups is 1. The Morgan fingerprint density at radius 3 is 2.64 bits per heavy atom. The summed E-state index contributed by atoms with van der Waals surface area (Å²) >= 11 is 1.09. The maximum absolute atomic E-state index is 10.9. The Morgan fingerprint density at radius 1 is 1.23 bits per heavy atom. The number of hydrogen-bond acceptors (Lipinski definition) is 7. The molecular weight excluding hydrogens is 306 g/mol. The molecule has 0 bridgehead atoms. The highest BCUT2D eigenvalue weighted by Gasteiger charge is 2.24. The van der Waals surface area contributed by atoms with Crippen LogP contribution in [0.2, 0.25) is 0 Å². The van der Waals surface area contributed by atoms with Crippen molar-refractivity contribution in [1.29, 1.82) is 0 Å². The SMILES string of the molecule is O=C(O)N1CCN(c2nsnc2OCc2ccncc2)CC1. The number of amides is 1. The van der Waals surface area contributed by atoms with Gasteiger partial charge >= 0.3 is 6.09 Å². The quantitative estimate of drug-likeness (QED) is 0.907. The molecule has 1 fully saturated rings. The van der Waals surface area contributed by atoms with Crippen molar-refractivity contribution in [3.63, 3.8) is 0 Å². The van der Waals surface area contributed by atoms with Crippen LogP contribution in [-0.4, -0.2) is 56.0 Å². The van der Waals surface area contributed by atoms with E-state index in [9.17, 15) is 4.79 Å². The van der Waals surface area contributed by atoms with Crippen molar-refractivity contribution in [2.24, 2.45) is 0 Å². The Labute approximate surface area is 131 Å². The van der Waals surface area contributed by atoms with Crippen LogP contribution in [0.4, 0.5) is 10.6 Å². The number of ether oxygens (including phenoxy) is 1. The van der Waals surface area contributed by atoms with Gasteiger partial charge in [0, 0.05) is 38.6 Å². The molecule has 1 saturated heterocycles. The zero-order valence-corrected chi connectivity index (χ0v) is 12.6. The van der Waals surface area contributed by atoms with Gasteiger partial charge < -0.3 is 19.6 Å². The predicted octanol–water partition coefficient (Wildman–Crippen LogP) is 1.31. The number of nitrogens with zero attached hydrogens (tertiary/aromatic N) is 5. The smallest absolute Gasteiger partial charge is 0.407 e. The summed E-state index contributed by atoms with van der Waals surface area (Å²) in [5.74, 6) is 1.18. The van der Waals surface area contributed by atoms with E-state index in [4.69, 9.17) is 9.84 Å². The lowest BCUT2D eigenvalue weighted by Gasteiger charge is -2.33. The van der Waals surface area contributed by atoms with E-state index in [-0.39, 0.29) is 0 Å². The van der Waals surface area contributed by atoms with Gasteiger partial charge in [-0.25, -0.2) is 4.79 Å². The molecule has 8 nitrogen and oxygen atoms in total. The van der Waals surface area contributed by atoms with Crippen LogP contribution in [0.15, 0.2) is 24.5 Å². The maximum Gasteiger partial charge on any atom is 0.407 e. The molecule has 22 heavy (non-hydrogen) atoms. The summed E-state index contributed by atoms with van der Waals surface area (Å²) in [7, 11) is 0. The van der Waals surface area contributed by atoms with Gasteiger partial charge in [0.1, 0.15) is 6.61 Å². The summed E-state index contributed by atoms with van der Waals surface area (Å²) in [5, 5.41) is 8.97. The van der Waals surface area contributed by atoms with Crippen LogP contribution in [0, 0.1) is 0 Å². The summed E-state index contributed by atoms with van der Waals surface area (Å²) in [6.07, 6.45) is 2.54. The third-order valence-electron chi connectivity index (χ3n) is 3.42. The van der Waals surface area contributed by atoms with Gasteiger partial charge in [0.25, 0.3) is 5.88 Å². The summed E-state index contributed by atoms with van der Waals surface area (Å²) in [6, 6.07) is 3.76. The molecule has 1 N–H and O–H groups in total. The molecule has 0 spiro atoms. The number of aromatic nitrogens is 3. The fraction of sp³-hybridized carbons (Fsp3) is 0.385. The van der Waals surface area contributed by atoms with Crippen molar-refractivity contribution in [3.05, 3.63) is 30.1 Å². The van der Waals surface area contributed by atoms with Crippen LogP contribution in [0.3, 0.4) is 0 Å². The molecule has 1 aliphatic rings. The standard InChI is InChI=1S/C13H15N5O3S/c19-13(20)18-7-5-17(6-8-18)11-12(16-22-15-11)21-9-10-1-3-14-4-2-10/h1-4H,5-9H2,(H,19,20). The monoisotopic (exact) mass is 321 g/mol. The van der Waals surface area contributed by atoms with Crippen molar-refractivity contribution in [3.8, 4) is 5.88 Å². The fourth-order valence-corrected chi connectivity index (χ4v) is 2.72. The van der Waals surface area contributed by atoms with Crippen LogP contribution in [0.5, 0.6) is 5.88 Å². The molecule has 1 aliphatic heterocycles. The molecule has 2 aromatic heterocycles. The van der Waals surface area contributed by atoms with Gasteiger partial charge in [0.05, 0.1) is 11.7 Å². The highest BCUT2D eigenvalue weighted by atomic mass is 32.1. The van der Waals surface area contributed by atoms with Gasteiger partial charge in [-0.3, -0.25) is 4.98 Å². The second kappa shape index (κ2) is 6.56. The van der Waals surface area contributed by atoms with E-state index >= 15 is 0 Å². The minimum absolute atomic E-state index is 0.399. The first-order valence-corrected chi connectivity index (χ1v) is 7.54. The molecule has 3 heterocycles. The third-order valence-corrected chi connectivity index (χ3v) is 3.92. The minimum Gasteiger partial charge on any atom is -0.470 e. The van der Waals surface area contributed by atoms with Gasteiger partial charge in [-0.05, 0) is 17.7 Å². The van der Waals surface area contributed by atoms with Gasteiger partial charge in [0.2, 0.25) is 5.82 Å². The molecule has 9 heteroatoms. The molecular formula is C13H15N5O3S. The van der Waals surface area contributed by atoms with E-state index < -0.39 is 6.09 Å². The highest BCUT2D eigenvalue weighted by Crippen LogP contribution is 2.27. The lowest BCUT2D eigenvalue weighted by molar-refractivity contribution is 0.142. The van der Waals surface area contributed by atoms with Crippen LogP contribution in [-0.2, 0) is 6.61 Å². The number of anilines is 1. The Morgan fingerprint density at radius 2 is 1.95 bits per heavy atom. The summed E-state index contributed by atoms with van der Waals surface area (Å²) in [6.45, 7) is 2.48. The molecule has 116 valence electrons. The fourth-order valence-electron chi connectivity index (χ4n) is 2.20. The Kier molecular flexibility index (Phi) is 4.33. The molecule has 0 unspecified atom stereocenters. The first-order chi connectivity index (χ1) is 10.7. The average molecular weight is 321 g/mol. The topological polar surface area (TPSA) is 91.7 Å². The predicted molar refractivity (Wildman–Crippen MR) is 80.3 cm³/mol. The Balaban J connectivity index is 1.62. The summed E-state index contributed by atoms with van der Waals surface area (Å²) in [5.41, 5.74) is 1.00. The van der Waals surface area contributed by atoms with Crippen molar-refractivity contribution < 1.29 is 14.6 Å². The van der Waals surface area contributed by atoms with Gasteiger partial charge in [0.15, 0.2) is 0 Å². The number of hydrogen-bond donors (Lipinski definition) is 1. The number of carboxylic acid groups (broad SMARTS) is 1. The number of pyridine rings is 1. The third kappa shape index (κ3) is 3.25. The first kappa shape index (κ1) is 14.5. The van der Waals surface area contributed by atoms with E-state index in [1.54, 1.807) is 12.4 Å². The van der Waals surface area contributed by atoms with Gasteiger partial charge in [-0.2, -0.15) is 4.37 Å². The maximum atomic E-state index is 10.9. The van der Waals surface area contributed by atoms with E-state index in [0.29, 0.717) is 44.5 Å². The highest BCUT2D eigenvalue weighted by molar-refractivity contribution is 6.99. The molecule has 0 atom stereocenters. The normalized spacial score (nSPS) is 14.9. The van der Waals surface area contributed by atoms with Crippen molar-refractivity contribution in [1.82, 2.24) is 18.6 Å². The largest absolute Gasteiger partial charge is 0.470 e. The molecule has 0 aliphatic carbocycles. The van der Waals surface area contributed by atoms with Crippen LogP contribution in [0.25, 0.3) is 0 Å². The average Bonchev–Trinajstić information content (AvgIpc) is 3.02. The van der Waals surface area contributed by atoms with E-state index in [0.717, 1.165) is 17.3 Å². The summed E-state index contributed by atoms with van der Waals surface area (Å²) < 4.78 is 14.2. The van der Waals surface area contributed by atoms with Gasteiger partial charge in [-0.1, -0.05) is 0 Å². The summed E-state index contributed by atoms with van der Waals surface area (Å²) in [4.78, 5) is 18.3. The number of piperazine rings is 1. The van der Waals surface area contributed by atoms with Crippen molar-refractivity contribution >= 4 is 23.6 Å². The lowest BCUT2D eigenvalue weighted by Crippen LogP contribution is -2.48. The van der Waals surface area contributed by atoms with Crippen LogP contribution in [0.1, 0.15) is 5.56 Å². The Bertz CT molecular complexity index is 628. The van der Waals surface area contributed by atoms with Crippen LogP contribution < -0.4 is 9.64 Å². The zero-order valence-electron chi connectivity index (χ0n) is 11.8. The second-order valence-corrected chi connectivity index (χ2v) is 5.32. The minimum atomic E-state index is -0.884. The second-order valence-electron chi connectivity index (χ2n) is 4.79.